The van der Waals surface area contributed by atoms with Crippen LogP contribution in [-0.2, 0) is 0 Å². The molecule has 0 aromatic rings. The van der Waals surface area contributed by atoms with Gasteiger partial charge in [-0.05, 0) is 11.8 Å². The summed E-state index contributed by atoms with van der Waals surface area (Å²) in [6.07, 6.45) is 8.36. The van der Waals surface area contributed by atoms with Gasteiger partial charge in [-0.3, -0.25) is 0 Å². The van der Waals surface area contributed by atoms with Crippen LogP contribution in [0.2, 0.25) is 5.82 Å². The van der Waals surface area contributed by atoms with Gasteiger partial charge in [0.15, 0.2) is 0 Å². The molecule has 0 nitrogen and oxygen atoms in total. The first-order valence-electron chi connectivity index (χ1n) is 6.04. The van der Waals surface area contributed by atoms with Crippen LogP contribution in [0.3, 0.4) is 0 Å². The third-order valence-corrected chi connectivity index (χ3v) is 3.52. The molecule has 0 aliphatic carbocycles. The molecule has 0 aliphatic rings. The first-order chi connectivity index (χ1) is 6.04. The maximum atomic E-state index is 2.43. The monoisotopic (exact) mass is 182 g/mol. The van der Waals surface area contributed by atoms with Gasteiger partial charge in [-0.1, -0.05) is 65.6 Å². The van der Waals surface area contributed by atoms with Crippen LogP contribution in [0.4, 0.5) is 0 Å². The first kappa shape index (κ1) is 13.1. The van der Waals surface area contributed by atoms with Gasteiger partial charge in [0.05, 0.1) is 0 Å². The van der Waals surface area contributed by atoms with E-state index in [1.54, 1.807) is 0 Å². The van der Waals surface area contributed by atoms with Crippen molar-refractivity contribution in [1.82, 2.24) is 0 Å². The topological polar surface area (TPSA) is 0 Å². The molecule has 0 saturated carbocycles. The molecule has 1 atom stereocenters. The lowest BCUT2D eigenvalue weighted by Gasteiger charge is -2.26. The van der Waals surface area contributed by atoms with Crippen molar-refractivity contribution < 1.29 is 0 Å². The van der Waals surface area contributed by atoms with E-state index in [0.29, 0.717) is 5.41 Å². The van der Waals surface area contributed by atoms with Crippen LogP contribution in [0.1, 0.15) is 66.2 Å². The van der Waals surface area contributed by atoms with Gasteiger partial charge in [-0.25, -0.2) is 0 Å². The smallest absolute Gasteiger partial charge is 0.0725 e. The fraction of sp³-hybridized carbons (Fsp3) is 1.00. The second-order valence-corrected chi connectivity index (χ2v) is 5.16. The Hall–Kier alpha value is 0.0649. The normalized spacial score (nSPS) is 14.5. The van der Waals surface area contributed by atoms with Gasteiger partial charge in [-0.2, -0.15) is 0 Å². The average Bonchev–Trinajstić information content (AvgIpc) is 2.12. The van der Waals surface area contributed by atoms with E-state index in [1.807, 2.05) is 0 Å². The van der Waals surface area contributed by atoms with E-state index >= 15 is 0 Å². The first-order valence-corrected chi connectivity index (χ1v) is 6.04. The van der Waals surface area contributed by atoms with Crippen LogP contribution in [0.5, 0.6) is 0 Å². The summed E-state index contributed by atoms with van der Waals surface area (Å²) in [4.78, 5) is 0. The summed E-state index contributed by atoms with van der Waals surface area (Å²) in [7, 11) is 2.32. The van der Waals surface area contributed by atoms with Crippen LogP contribution in [0.25, 0.3) is 0 Å². The van der Waals surface area contributed by atoms with E-state index < -0.39 is 0 Å². The third kappa shape index (κ3) is 6.18. The van der Waals surface area contributed by atoms with Gasteiger partial charge < -0.3 is 0 Å². The van der Waals surface area contributed by atoms with E-state index in [9.17, 15) is 0 Å². The van der Waals surface area contributed by atoms with Crippen molar-refractivity contribution in [2.45, 2.75) is 72.0 Å². The molecule has 0 aliphatic heterocycles. The van der Waals surface area contributed by atoms with E-state index in [1.165, 1.54) is 38.5 Å². The zero-order valence-corrected chi connectivity index (χ0v) is 10.3. The highest BCUT2D eigenvalue weighted by molar-refractivity contribution is 6.11. The molecule has 0 unspecified atom stereocenters. The molecular weight excluding hydrogens is 155 g/mol. The minimum atomic E-state index is 0.622. The van der Waals surface area contributed by atoms with Crippen LogP contribution in [-0.4, -0.2) is 7.85 Å². The molecule has 0 radical (unpaired) electrons. The van der Waals surface area contributed by atoms with E-state index in [4.69, 9.17) is 0 Å². The van der Waals surface area contributed by atoms with Crippen molar-refractivity contribution in [2.75, 3.05) is 0 Å². The summed E-state index contributed by atoms with van der Waals surface area (Å²) in [6.45, 7) is 9.40. The lowest BCUT2D eigenvalue weighted by Crippen LogP contribution is -2.13. The standard InChI is InChI=1S/C12H27B/c1-5-12(4,6-2)10-8-7-9-11(3)13/h11H,5-10,13H2,1-4H3/t11-/m0/s1. The molecular formula is C12H27B. The van der Waals surface area contributed by atoms with E-state index in [-0.39, 0.29) is 0 Å². The summed E-state index contributed by atoms with van der Waals surface area (Å²) < 4.78 is 0. The molecule has 1 heteroatoms. The van der Waals surface area contributed by atoms with E-state index in [2.05, 4.69) is 35.5 Å². The highest BCUT2D eigenvalue weighted by Crippen LogP contribution is 2.32. The molecule has 0 N–H and O–H groups in total. The third-order valence-electron chi connectivity index (χ3n) is 3.52. The zero-order valence-electron chi connectivity index (χ0n) is 10.3. The molecule has 0 aromatic heterocycles. The predicted molar refractivity (Wildman–Crippen MR) is 65.1 cm³/mol. The Kier molecular flexibility index (Phi) is 6.54. The number of hydrogen-bond donors (Lipinski definition) is 0. The van der Waals surface area contributed by atoms with Crippen molar-refractivity contribution in [3.05, 3.63) is 0 Å². The second kappa shape index (κ2) is 6.51. The van der Waals surface area contributed by atoms with Gasteiger partial charge in [-0.15, -0.1) is 0 Å². The van der Waals surface area contributed by atoms with E-state index in [0.717, 1.165) is 5.82 Å². The minimum absolute atomic E-state index is 0.622. The van der Waals surface area contributed by atoms with Crippen LogP contribution >= 0.6 is 0 Å². The predicted octanol–water partition coefficient (Wildman–Crippen LogP) is 3.81. The Labute approximate surface area is 85.9 Å². The summed E-state index contributed by atoms with van der Waals surface area (Å²) in [6, 6.07) is 0. The molecule has 0 spiro atoms. The fourth-order valence-corrected chi connectivity index (χ4v) is 1.71. The Morgan fingerprint density at radius 1 is 1.15 bits per heavy atom. The largest absolute Gasteiger partial charge is 0.105 e. The Morgan fingerprint density at radius 2 is 1.69 bits per heavy atom. The quantitative estimate of drug-likeness (QED) is 0.414. The Bertz CT molecular complexity index is 114. The molecule has 0 aromatic carbocycles. The van der Waals surface area contributed by atoms with Crippen molar-refractivity contribution in [1.29, 1.82) is 0 Å². The molecule has 0 rings (SSSR count). The number of rotatable bonds is 7. The summed E-state index contributed by atoms with van der Waals surface area (Å²) >= 11 is 0. The van der Waals surface area contributed by atoms with Crippen molar-refractivity contribution in [3.8, 4) is 0 Å². The lowest BCUT2D eigenvalue weighted by atomic mass is 9.78. The van der Waals surface area contributed by atoms with Gasteiger partial charge in [0, 0.05) is 0 Å². The van der Waals surface area contributed by atoms with Crippen LogP contribution in [0.15, 0.2) is 0 Å². The molecule has 13 heavy (non-hydrogen) atoms. The molecule has 0 bridgehead atoms. The summed E-state index contributed by atoms with van der Waals surface area (Å²) in [5.74, 6) is 0.884. The highest BCUT2D eigenvalue weighted by Gasteiger charge is 2.18. The SMILES string of the molecule is B[C@@H](C)CCCCC(C)(CC)CC. The second-order valence-electron chi connectivity index (χ2n) is 5.16. The zero-order chi connectivity index (χ0) is 10.3. The van der Waals surface area contributed by atoms with Crippen LogP contribution in [0, 0.1) is 5.41 Å². The molecule has 0 heterocycles. The summed E-state index contributed by atoms with van der Waals surface area (Å²) in [5, 5.41) is 0. The molecule has 0 amide bonds. The van der Waals surface area contributed by atoms with Gasteiger partial charge in [0.25, 0.3) is 0 Å². The van der Waals surface area contributed by atoms with Crippen LogP contribution < -0.4 is 0 Å². The maximum absolute atomic E-state index is 2.43. The average molecular weight is 182 g/mol. The fourth-order valence-electron chi connectivity index (χ4n) is 1.71. The van der Waals surface area contributed by atoms with Gasteiger partial charge in [0.2, 0.25) is 0 Å². The van der Waals surface area contributed by atoms with Gasteiger partial charge >= 0.3 is 0 Å². The molecule has 0 fully saturated rings. The molecule has 0 saturated heterocycles. The highest BCUT2D eigenvalue weighted by atomic mass is 14.2. The Morgan fingerprint density at radius 3 is 2.08 bits per heavy atom. The van der Waals surface area contributed by atoms with Crippen molar-refractivity contribution in [2.24, 2.45) is 5.41 Å². The maximum Gasteiger partial charge on any atom is 0.105 e. The summed E-state index contributed by atoms with van der Waals surface area (Å²) in [5.41, 5.74) is 0.622. The Balaban J connectivity index is 3.50. The number of unbranched alkanes of at least 4 members (excludes halogenated alkanes) is 1. The molecule has 78 valence electrons. The van der Waals surface area contributed by atoms with Gasteiger partial charge in [0.1, 0.15) is 7.85 Å². The minimum Gasteiger partial charge on any atom is -0.0725 e. The van der Waals surface area contributed by atoms with Crippen molar-refractivity contribution in [3.63, 3.8) is 0 Å². The lowest BCUT2D eigenvalue weighted by molar-refractivity contribution is 0.262. The van der Waals surface area contributed by atoms with Crippen molar-refractivity contribution >= 4 is 7.85 Å². The number of hydrogen-bond acceptors (Lipinski definition) is 0.